The van der Waals surface area contributed by atoms with Crippen molar-refractivity contribution in [1.82, 2.24) is 0 Å². The Bertz CT molecular complexity index is 569. The Hall–Kier alpha value is -1.99. The molecule has 0 aliphatic heterocycles. The van der Waals surface area contributed by atoms with Crippen LogP contribution in [0.4, 0.5) is 10.7 Å². The van der Waals surface area contributed by atoms with Gasteiger partial charge in [0, 0.05) is 6.04 Å². The Kier molecular flexibility index (Phi) is 4.43. The minimum atomic E-state index is 0.352. The summed E-state index contributed by atoms with van der Waals surface area (Å²) in [6.07, 6.45) is 2.09. The van der Waals surface area contributed by atoms with Crippen molar-refractivity contribution in [3.8, 4) is 6.07 Å². The van der Waals surface area contributed by atoms with Gasteiger partial charge in [-0.05, 0) is 31.4 Å². The van der Waals surface area contributed by atoms with Crippen LogP contribution in [0.3, 0.4) is 0 Å². The molecular formula is C15H17N3S. The van der Waals surface area contributed by atoms with Gasteiger partial charge < -0.3 is 11.1 Å². The van der Waals surface area contributed by atoms with Crippen molar-refractivity contribution in [3.63, 3.8) is 0 Å². The summed E-state index contributed by atoms with van der Waals surface area (Å²) in [4.78, 5) is 0.581. The SMILES string of the molecule is CC(CCc1ccccc1)Nc1cc(N)c(C#N)s1. The van der Waals surface area contributed by atoms with Crippen molar-refractivity contribution in [2.24, 2.45) is 0 Å². The molecule has 0 radical (unpaired) electrons. The summed E-state index contributed by atoms with van der Waals surface area (Å²) in [5.74, 6) is 0. The lowest BCUT2D eigenvalue weighted by Gasteiger charge is -2.13. The summed E-state index contributed by atoms with van der Waals surface area (Å²) in [6, 6.07) is 14.7. The molecule has 3 N–H and O–H groups in total. The number of nitrogen functional groups attached to an aromatic ring is 1. The predicted octanol–water partition coefficient (Wildman–Crippen LogP) is 3.64. The molecule has 98 valence electrons. The van der Waals surface area contributed by atoms with Gasteiger partial charge in [0.1, 0.15) is 10.9 Å². The average molecular weight is 271 g/mol. The van der Waals surface area contributed by atoms with E-state index in [1.54, 1.807) is 0 Å². The molecule has 4 heteroatoms. The fourth-order valence-electron chi connectivity index (χ4n) is 1.91. The highest BCUT2D eigenvalue weighted by Crippen LogP contribution is 2.29. The maximum absolute atomic E-state index is 8.87. The normalized spacial score (nSPS) is 11.8. The Morgan fingerprint density at radius 1 is 1.37 bits per heavy atom. The second kappa shape index (κ2) is 6.26. The fraction of sp³-hybridized carbons (Fsp3) is 0.267. The van der Waals surface area contributed by atoms with Gasteiger partial charge in [-0.25, -0.2) is 0 Å². The van der Waals surface area contributed by atoms with Crippen LogP contribution in [-0.2, 0) is 6.42 Å². The summed E-state index contributed by atoms with van der Waals surface area (Å²) in [5, 5.41) is 13.2. The number of nitrogens with two attached hydrogens (primary N) is 1. The van der Waals surface area contributed by atoms with Gasteiger partial charge >= 0.3 is 0 Å². The zero-order chi connectivity index (χ0) is 13.7. The molecule has 19 heavy (non-hydrogen) atoms. The number of nitriles is 1. The number of thiophene rings is 1. The maximum Gasteiger partial charge on any atom is 0.129 e. The number of aryl methyl sites for hydroxylation is 1. The molecule has 0 spiro atoms. The molecule has 3 nitrogen and oxygen atoms in total. The third-order valence-electron chi connectivity index (χ3n) is 2.96. The predicted molar refractivity (Wildman–Crippen MR) is 81.3 cm³/mol. The molecule has 0 saturated carbocycles. The first-order chi connectivity index (χ1) is 9.19. The summed E-state index contributed by atoms with van der Waals surface area (Å²) in [7, 11) is 0. The molecule has 0 aliphatic rings. The van der Waals surface area contributed by atoms with E-state index < -0.39 is 0 Å². The minimum Gasteiger partial charge on any atom is -0.397 e. The van der Waals surface area contributed by atoms with E-state index in [-0.39, 0.29) is 0 Å². The molecule has 1 atom stereocenters. The van der Waals surface area contributed by atoms with Crippen molar-refractivity contribution >= 4 is 22.0 Å². The first kappa shape index (κ1) is 13.4. The standard InChI is InChI=1S/C15H17N3S/c1-11(7-8-12-5-3-2-4-6-12)18-15-9-13(17)14(10-16)19-15/h2-6,9,11,18H,7-8,17H2,1H3. The molecule has 2 rings (SSSR count). The molecular weight excluding hydrogens is 254 g/mol. The molecule has 2 aromatic rings. The van der Waals surface area contributed by atoms with Crippen LogP contribution >= 0.6 is 11.3 Å². The molecule has 0 fully saturated rings. The largest absolute Gasteiger partial charge is 0.397 e. The van der Waals surface area contributed by atoms with Crippen LogP contribution in [0.1, 0.15) is 23.8 Å². The van der Waals surface area contributed by atoms with E-state index in [4.69, 9.17) is 11.0 Å². The van der Waals surface area contributed by atoms with E-state index in [1.165, 1.54) is 16.9 Å². The maximum atomic E-state index is 8.87. The van der Waals surface area contributed by atoms with Crippen molar-refractivity contribution < 1.29 is 0 Å². The first-order valence-corrected chi connectivity index (χ1v) is 7.10. The second-order valence-electron chi connectivity index (χ2n) is 4.58. The second-order valence-corrected chi connectivity index (χ2v) is 5.63. The average Bonchev–Trinajstić information content (AvgIpc) is 2.77. The summed E-state index contributed by atoms with van der Waals surface area (Å²) < 4.78 is 0. The third kappa shape index (κ3) is 3.73. The first-order valence-electron chi connectivity index (χ1n) is 6.29. The van der Waals surface area contributed by atoms with Crippen molar-refractivity contribution in [1.29, 1.82) is 5.26 Å². The van der Waals surface area contributed by atoms with Gasteiger partial charge in [-0.2, -0.15) is 5.26 Å². The minimum absolute atomic E-state index is 0.352. The lowest BCUT2D eigenvalue weighted by Crippen LogP contribution is -2.15. The highest BCUT2D eigenvalue weighted by molar-refractivity contribution is 7.17. The van der Waals surface area contributed by atoms with Gasteiger partial charge in [0.2, 0.25) is 0 Å². The van der Waals surface area contributed by atoms with Gasteiger partial charge in [0.15, 0.2) is 0 Å². The van der Waals surface area contributed by atoms with E-state index in [0.29, 0.717) is 16.6 Å². The van der Waals surface area contributed by atoms with Gasteiger partial charge in [0.25, 0.3) is 0 Å². The van der Waals surface area contributed by atoms with Crippen LogP contribution in [0.2, 0.25) is 0 Å². The summed E-state index contributed by atoms with van der Waals surface area (Å²) >= 11 is 1.41. The highest BCUT2D eigenvalue weighted by atomic mass is 32.1. The number of rotatable bonds is 5. The quantitative estimate of drug-likeness (QED) is 0.872. The van der Waals surface area contributed by atoms with Gasteiger partial charge in [0.05, 0.1) is 10.7 Å². The summed E-state index contributed by atoms with van der Waals surface area (Å²) in [6.45, 7) is 2.14. The topological polar surface area (TPSA) is 61.8 Å². The Morgan fingerprint density at radius 3 is 2.74 bits per heavy atom. The van der Waals surface area contributed by atoms with Gasteiger partial charge in [-0.3, -0.25) is 0 Å². The van der Waals surface area contributed by atoms with E-state index in [0.717, 1.165) is 17.8 Å². The van der Waals surface area contributed by atoms with E-state index in [2.05, 4.69) is 42.6 Å². The van der Waals surface area contributed by atoms with Crippen LogP contribution in [0.5, 0.6) is 0 Å². The lowest BCUT2D eigenvalue weighted by molar-refractivity contribution is 0.708. The van der Waals surface area contributed by atoms with Gasteiger partial charge in [-0.1, -0.05) is 30.3 Å². The molecule has 0 amide bonds. The van der Waals surface area contributed by atoms with Crippen molar-refractivity contribution in [2.45, 2.75) is 25.8 Å². The highest BCUT2D eigenvalue weighted by Gasteiger charge is 2.08. The Labute approximate surface area is 117 Å². The number of nitrogens with zero attached hydrogens (tertiary/aromatic N) is 1. The third-order valence-corrected chi connectivity index (χ3v) is 3.95. The fourth-order valence-corrected chi connectivity index (χ4v) is 2.79. The number of benzene rings is 1. The van der Waals surface area contributed by atoms with Crippen LogP contribution in [-0.4, -0.2) is 6.04 Å². The van der Waals surface area contributed by atoms with Crippen LogP contribution in [0.15, 0.2) is 36.4 Å². The van der Waals surface area contributed by atoms with E-state index >= 15 is 0 Å². The smallest absolute Gasteiger partial charge is 0.129 e. The Morgan fingerprint density at radius 2 is 2.11 bits per heavy atom. The van der Waals surface area contributed by atoms with E-state index in [1.807, 2.05) is 12.1 Å². The molecule has 1 unspecified atom stereocenters. The number of hydrogen-bond donors (Lipinski definition) is 2. The summed E-state index contributed by atoms with van der Waals surface area (Å²) in [5.41, 5.74) is 7.65. The number of hydrogen-bond acceptors (Lipinski definition) is 4. The monoisotopic (exact) mass is 271 g/mol. The zero-order valence-electron chi connectivity index (χ0n) is 10.9. The van der Waals surface area contributed by atoms with Crippen LogP contribution in [0.25, 0.3) is 0 Å². The van der Waals surface area contributed by atoms with Crippen LogP contribution in [0, 0.1) is 11.3 Å². The number of nitrogens with one attached hydrogen (secondary N) is 1. The van der Waals surface area contributed by atoms with E-state index in [9.17, 15) is 0 Å². The number of anilines is 2. The molecule has 0 bridgehead atoms. The lowest BCUT2D eigenvalue weighted by atomic mass is 10.1. The molecule has 0 aliphatic carbocycles. The molecule has 1 aromatic carbocycles. The Balaban J connectivity index is 1.87. The van der Waals surface area contributed by atoms with Gasteiger partial charge in [-0.15, -0.1) is 11.3 Å². The molecule has 0 saturated heterocycles. The van der Waals surface area contributed by atoms with Crippen molar-refractivity contribution in [2.75, 3.05) is 11.1 Å². The zero-order valence-corrected chi connectivity index (χ0v) is 11.7. The van der Waals surface area contributed by atoms with Crippen molar-refractivity contribution in [3.05, 3.63) is 46.8 Å². The molecule has 1 heterocycles. The molecule has 1 aromatic heterocycles. The van der Waals surface area contributed by atoms with Crippen LogP contribution < -0.4 is 11.1 Å².